The Morgan fingerprint density at radius 3 is 2.19 bits per heavy atom. The number of hydrogen-bond donors (Lipinski definition) is 1. The molecule has 5 nitrogen and oxygen atoms in total. The third-order valence-corrected chi connectivity index (χ3v) is 6.08. The fraction of sp³-hybridized carbons (Fsp3) is 0.455. The van der Waals surface area contributed by atoms with Crippen molar-refractivity contribution in [3.05, 3.63) is 48.0 Å². The van der Waals surface area contributed by atoms with Gasteiger partial charge in [-0.3, -0.25) is 4.79 Å². The van der Waals surface area contributed by atoms with Crippen LogP contribution < -0.4 is 0 Å². The minimum Gasteiger partial charge on any atom is -0.465 e. The van der Waals surface area contributed by atoms with Crippen LogP contribution in [-0.4, -0.2) is 52.1 Å². The molecule has 1 heterocycles. The molecule has 2 aliphatic rings. The molecule has 1 saturated carbocycles. The number of rotatable bonds is 3. The smallest absolute Gasteiger partial charge is 0.407 e. The summed E-state index contributed by atoms with van der Waals surface area (Å²) in [5, 5.41) is 11.4. The summed E-state index contributed by atoms with van der Waals surface area (Å²) in [5.74, 6) is 0.0985. The van der Waals surface area contributed by atoms with Crippen molar-refractivity contribution >= 4 is 22.8 Å². The summed E-state index contributed by atoms with van der Waals surface area (Å²) in [7, 11) is 0. The van der Waals surface area contributed by atoms with E-state index in [1.807, 2.05) is 36.4 Å². The number of carbonyl (C=O) groups excluding carboxylic acids is 1. The minimum absolute atomic E-state index is 0.0985. The van der Waals surface area contributed by atoms with Gasteiger partial charge in [-0.1, -0.05) is 43.2 Å². The zero-order valence-electron chi connectivity index (χ0n) is 15.5. The van der Waals surface area contributed by atoms with Gasteiger partial charge in [-0.25, -0.2) is 4.79 Å². The highest BCUT2D eigenvalue weighted by Gasteiger charge is 2.35. The molecule has 2 aromatic rings. The molecule has 5 heteroatoms. The van der Waals surface area contributed by atoms with Gasteiger partial charge < -0.3 is 14.9 Å². The molecule has 1 aliphatic carbocycles. The summed E-state index contributed by atoms with van der Waals surface area (Å²) in [6.45, 7) is 1.02. The van der Waals surface area contributed by atoms with Crippen molar-refractivity contribution in [1.82, 2.24) is 9.80 Å². The first-order valence-corrected chi connectivity index (χ1v) is 9.93. The van der Waals surface area contributed by atoms with E-state index in [-0.39, 0.29) is 18.0 Å². The van der Waals surface area contributed by atoms with E-state index in [1.165, 1.54) is 17.7 Å². The quantitative estimate of drug-likeness (QED) is 0.877. The molecule has 1 saturated heterocycles. The van der Waals surface area contributed by atoms with Gasteiger partial charge in [0.15, 0.2) is 0 Å². The molecule has 1 aliphatic heterocycles. The molecule has 4 rings (SSSR count). The van der Waals surface area contributed by atoms with Crippen LogP contribution in [0.4, 0.5) is 4.79 Å². The van der Waals surface area contributed by atoms with Crippen LogP contribution in [0.2, 0.25) is 0 Å². The van der Waals surface area contributed by atoms with Gasteiger partial charge in [0.2, 0.25) is 0 Å². The Bertz CT molecular complexity index is 836. The molecule has 2 amide bonds. The zero-order chi connectivity index (χ0) is 18.8. The summed E-state index contributed by atoms with van der Waals surface area (Å²) >= 11 is 0. The Morgan fingerprint density at radius 1 is 0.889 bits per heavy atom. The predicted octanol–water partition coefficient (Wildman–Crippen LogP) is 4.37. The molecule has 2 aromatic carbocycles. The zero-order valence-corrected chi connectivity index (χ0v) is 15.5. The van der Waals surface area contributed by atoms with Gasteiger partial charge in [-0.05, 0) is 48.6 Å². The van der Waals surface area contributed by atoms with Crippen LogP contribution in [0.1, 0.15) is 48.9 Å². The molecular weight excluding hydrogens is 340 g/mol. The lowest BCUT2D eigenvalue weighted by atomic mass is 9.98. The summed E-state index contributed by atoms with van der Waals surface area (Å²) in [4.78, 5) is 28.3. The van der Waals surface area contributed by atoms with Crippen LogP contribution in [0.15, 0.2) is 42.5 Å². The van der Waals surface area contributed by atoms with E-state index in [4.69, 9.17) is 0 Å². The molecule has 0 radical (unpaired) electrons. The first-order chi connectivity index (χ1) is 13.1. The highest BCUT2D eigenvalue weighted by atomic mass is 16.4. The molecule has 0 bridgehead atoms. The third-order valence-electron chi connectivity index (χ3n) is 6.08. The van der Waals surface area contributed by atoms with E-state index in [2.05, 4.69) is 11.0 Å². The van der Waals surface area contributed by atoms with Crippen LogP contribution in [-0.2, 0) is 0 Å². The van der Waals surface area contributed by atoms with Crippen LogP contribution >= 0.6 is 0 Å². The van der Waals surface area contributed by atoms with Gasteiger partial charge in [0.1, 0.15) is 0 Å². The molecule has 0 aromatic heterocycles. The summed E-state index contributed by atoms with van der Waals surface area (Å²) < 4.78 is 0. The first kappa shape index (κ1) is 17.8. The average molecular weight is 366 g/mol. The molecule has 27 heavy (non-hydrogen) atoms. The average Bonchev–Trinajstić information content (AvgIpc) is 3.22. The Morgan fingerprint density at radius 2 is 1.52 bits per heavy atom. The molecular formula is C22H26N2O3. The van der Waals surface area contributed by atoms with Crippen molar-refractivity contribution in [3.8, 4) is 0 Å². The van der Waals surface area contributed by atoms with Gasteiger partial charge in [0, 0.05) is 30.7 Å². The second kappa shape index (κ2) is 7.59. The maximum Gasteiger partial charge on any atom is 0.407 e. The van der Waals surface area contributed by atoms with Gasteiger partial charge in [-0.15, -0.1) is 0 Å². The number of nitrogens with zero attached hydrogens (tertiary/aromatic N) is 2. The largest absolute Gasteiger partial charge is 0.465 e. The van der Waals surface area contributed by atoms with E-state index in [0.29, 0.717) is 13.1 Å². The number of likely N-dealkylation sites (tertiary alicyclic amines) is 1. The van der Waals surface area contributed by atoms with Crippen LogP contribution in [0, 0.1) is 0 Å². The van der Waals surface area contributed by atoms with E-state index < -0.39 is 6.09 Å². The van der Waals surface area contributed by atoms with Gasteiger partial charge in [0.05, 0.1) is 0 Å². The van der Waals surface area contributed by atoms with Crippen LogP contribution in [0.3, 0.4) is 0 Å². The van der Waals surface area contributed by atoms with Crippen molar-refractivity contribution in [3.63, 3.8) is 0 Å². The second-order valence-electron chi connectivity index (χ2n) is 7.71. The predicted molar refractivity (Wildman–Crippen MR) is 105 cm³/mol. The van der Waals surface area contributed by atoms with E-state index in [1.54, 1.807) is 0 Å². The van der Waals surface area contributed by atoms with E-state index in [0.717, 1.165) is 42.0 Å². The molecule has 0 spiro atoms. The number of hydrogen-bond acceptors (Lipinski definition) is 2. The number of piperidine rings is 1. The van der Waals surface area contributed by atoms with Gasteiger partial charge >= 0.3 is 6.09 Å². The Balaban J connectivity index is 1.59. The Labute approximate surface area is 159 Å². The third kappa shape index (κ3) is 3.64. The second-order valence-corrected chi connectivity index (χ2v) is 7.71. The molecule has 0 atom stereocenters. The topological polar surface area (TPSA) is 60.9 Å². The van der Waals surface area contributed by atoms with Crippen molar-refractivity contribution in [2.45, 2.75) is 50.6 Å². The Hall–Kier alpha value is -2.56. The lowest BCUT2D eigenvalue weighted by molar-refractivity contribution is 0.0450. The number of fused-ring (bicyclic) bond motifs is 1. The highest BCUT2D eigenvalue weighted by Crippen LogP contribution is 2.30. The number of amides is 2. The maximum absolute atomic E-state index is 13.5. The highest BCUT2D eigenvalue weighted by molar-refractivity contribution is 5.99. The monoisotopic (exact) mass is 366 g/mol. The van der Waals surface area contributed by atoms with Crippen LogP contribution in [0.25, 0.3) is 10.8 Å². The van der Waals surface area contributed by atoms with Crippen molar-refractivity contribution < 1.29 is 14.7 Å². The molecule has 1 N–H and O–H groups in total. The fourth-order valence-electron chi connectivity index (χ4n) is 4.62. The van der Waals surface area contributed by atoms with E-state index in [9.17, 15) is 14.7 Å². The van der Waals surface area contributed by atoms with Crippen molar-refractivity contribution in [2.24, 2.45) is 0 Å². The van der Waals surface area contributed by atoms with Crippen molar-refractivity contribution in [1.29, 1.82) is 0 Å². The lowest BCUT2D eigenvalue weighted by Crippen LogP contribution is -2.51. The molecule has 0 unspecified atom stereocenters. The Kier molecular flexibility index (Phi) is 5.01. The number of carboxylic acid groups (broad SMARTS) is 1. The lowest BCUT2D eigenvalue weighted by Gasteiger charge is -2.41. The fourth-order valence-corrected chi connectivity index (χ4v) is 4.62. The van der Waals surface area contributed by atoms with Crippen molar-refractivity contribution in [2.75, 3.05) is 13.1 Å². The number of carbonyl (C=O) groups is 2. The first-order valence-electron chi connectivity index (χ1n) is 9.93. The molecule has 2 fully saturated rings. The number of benzene rings is 2. The maximum atomic E-state index is 13.5. The van der Waals surface area contributed by atoms with Gasteiger partial charge in [-0.2, -0.15) is 0 Å². The summed E-state index contributed by atoms with van der Waals surface area (Å²) in [5.41, 5.74) is 0.737. The SMILES string of the molecule is O=C(O)N1CCC(N(C(=O)c2ccc3ccccc3c2)C2CCCC2)CC1. The standard InChI is InChI=1S/C22H26N2O3/c25-21(18-10-9-16-5-1-2-6-17(16)15-18)24(19-7-3-4-8-19)20-11-13-23(14-12-20)22(26)27/h1-2,5-6,9-10,15,19-20H,3-4,7-8,11-14H2,(H,26,27). The molecule has 142 valence electrons. The normalized spacial score (nSPS) is 18.7. The van der Waals surface area contributed by atoms with Gasteiger partial charge in [0.25, 0.3) is 5.91 Å². The minimum atomic E-state index is -0.860. The summed E-state index contributed by atoms with van der Waals surface area (Å²) in [6.07, 6.45) is 5.03. The van der Waals surface area contributed by atoms with E-state index >= 15 is 0 Å². The van der Waals surface area contributed by atoms with Crippen LogP contribution in [0.5, 0.6) is 0 Å². The summed E-state index contributed by atoms with van der Waals surface area (Å²) in [6, 6.07) is 14.4.